The van der Waals surface area contributed by atoms with E-state index >= 15 is 0 Å². The number of carbonyl (C=O) groups is 1. The van der Waals surface area contributed by atoms with Crippen LogP contribution in [-0.2, 0) is 4.79 Å². The molecule has 2 unspecified atom stereocenters. The zero-order valence-electron chi connectivity index (χ0n) is 48.5. The summed E-state index contributed by atoms with van der Waals surface area (Å²) >= 11 is 0. The number of aliphatic hydroxyl groups excluding tert-OH is 2. The highest BCUT2D eigenvalue weighted by Gasteiger charge is 2.18. The summed E-state index contributed by atoms with van der Waals surface area (Å²) < 4.78 is 0. The third kappa shape index (κ3) is 59.4. The van der Waals surface area contributed by atoms with Crippen LogP contribution in [0, 0.1) is 0 Å². The Hall–Kier alpha value is -1.39. The van der Waals surface area contributed by atoms with E-state index < -0.39 is 12.1 Å². The second-order valence-electron chi connectivity index (χ2n) is 22.5. The molecule has 0 aliphatic heterocycles. The molecule has 4 heteroatoms. The van der Waals surface area contributed by atoms with E-state index in [9.17, 15) is 15.0 Å². The van der Waals surface area contributed by atoms with E-state index in [4.69, 9.17) is 0 Å². The van der Waals surface area contributed by atoms with Crippen LogP contribution in [0.25, 0.3) is 0 Å². The molecule has 4 nitrogen and oxygen atoms in total. The van der Waals surface area contributed by atoms with E-state index in [1.807, 2.05) is 6.08 Å². The first kappa shape index (κ1) is 69.6. The molecule has 0 aromatic carbocycles. The topological polar surface area (TPSA) is 69.6 Å². The van der Waals surface area contributed by atoms with E-state index in [0.717, 1.165) is 38.5 Å². The van der Waals surface area contributed by atoms with Crippen LogP contribution < -0.4 is 5.32 Å². The van der Waals surface area contributed by atoms with Crippen molar-refractivity contribution >= 4 is 5.91 Å². The normalized spacial score (nSPS) is 12.9. The summed E-state index contributed by atoms with van der Waals surface area (Å²) in [5.74, 6) is -0.0703. The third-order valence-electron chi connectivity index (χ3n) is 15.4. The fourth-order valence-corrected chi connectivity index (χ4v) is 10.4. The Morgan fingerprint density at radius 2 is 0.549 bits per heavy atom. The Morgan fingerprint density at radius 3 is 0.817 bits per heavy atom. The van der Waals surface area contributed by atoms with Crippen molar-refractivity contribution in [3.05, 3.63) is 36.5 Å². The molecule has 0 heterocycles. The van der Waals surface area contributed by atoms with Crippen molar-refractivity contribution in [2.75, 3.05) is 6.61 Å². The lowest BCUT2D eigenvalue weighted by molar-refractivity contribution is -0.123. The van der Waals surface area contributed by atoms with Crippen molar-refractivity contribution in [1.82, 2.24) is 5.32 Å². The van der Waals surface area contributed by atoms with Crippen molar-refractivity contribution in [3.63, 3.8) is 0 Å². The zero-order chi connectivity index (χ0) is 51.3. The maximum absolute atomic E-state index is 12.5. The molecule has 1 amide bonds. The number of unbranched alkanes of at least 4 members (excludes halogenated alkanes) is 50. The first-order valence-corrected chi connectivity index (χ1v) is 32.7. The molecule has 0 radical (unpaired) electrons. The summed E-state index contributed by atoms with van der Waals surface area (Å²) in [7, 11) is 0. The number of amides is 1. The largest absolute Gasteiger partial charge is 0.394 e. The third-order valence-corrected chi connectivity index (χ3v) is 15.4. The lowest BCUT2D eigenvalue weighted by Gasteiger charge is -2.19. The van der Waals surface area contributed by atoms with E-state index in [2.05, 4.69) is 43.5 Å². The Labute approximate surface area is 446 Å². The molecule has 0 saturated heterocycles. The van der Waals surface area contributed by atoms with Crippen LogP contribution in [0.3, 0.4) is 0 Å². The predicted octanol–water partition coefficient (Wildman–Crippen LogP) is 22.0. The second-order valence-corrected chi connectivity index (χ2v) is 22.5. The number of carbonyl (C=O) groups excluding carboxylic acids is 1. The summed E-state index contributed by atoms with van der Waals surface area (Å²) in [5.41, 5.74) is 0. The first-order valence-electron chi connectivity index (χ1n) is 32.7. The SMILES string of the molecule is CCCCCCCCCCCCCCCCCCCCCCCC/C=C/CC/C=C/CC/C=C/C(O)C(CO)NC(=O)CCCCCCCCCCCCCCCCCCCCCCCCCCCCC. The Kier molecular flexibility index (Phi) is 61.7. The predicted molar refractivity (Wildman–Crippen MR) is 318 cm³/mol. The number of aliphatic hydroxyl groups is 2. The quantitative estimate of drug-likeness (QED) is 0.0420. The van der Waals surface area contributed by atoms with Crippen LogP contribution in [0.4, 0.5) is 0 Å². The minimum absolute atomic E-state index is 0.0703. The molecule has 0 saturated carbocycles. The Morgan fingerprint density at radius 1 is 0.324 bits per heavy atom. The molecule has 0 fully saturated rings. The van der Waals surface area contributed by atoms with Gasteiger partial charge in [-0.25, -0.2) is 0 Å². The van der Waals surface area contributed by atoms with E-state index in [1.54, 1.807) is 6.08 Å². The molecular weight excluding hydrogens is 867 g/mol. The molecule has 0 aliphatic rings. The monoisotopic (exact) mass is 996 g/mol. The fraction of sp³-hybridized carbons (Fsp3) is 0.896. The Balaban J connectivity index is 3.48. The number of nitrogens with one attached hydrogen (secondary N) is 1. The van der Waals surface area contributed by atoms with Gasteiger partial charge < -0.3 is 15.5 Å². The molecule has 0 spiro atoms. The summed E-state index contributed by atoms with van der Waals surface area (Å²) in [4.78, 5) is 12.5. The van der Waals surface area contributed by atoms with Crippen LogP contribution in [0.15, 0.2) is 36.5 Å². The van der Waals surface area contributed by atoms with Gasteiger partial charge in [-0.1, -0.05) is 352 Å². The average molecular weight is 997 g/mol. The van der Waals surface area contributed by atoms with E-state index in [0.29, 0.717) is 6.42 Å². The molecule has 0 rings (SSSR count). The average Bonchev–Trinajstić information content (AvgIpc) is 3.37. The van der Waals surface area contributed by atoms with Crippen LogP contribution >= 0.6 is 0 Å². The van der Waals surface area contributed by atoms with Gasteiger partial charge in [0.25, 0.3) is 0 Å². The van der Waals surface area contributed by atoms with Crippen LogP contribution in [0.2, 0.25) is 0 Å². The molecule has 0 aromatic rings. The van der Waals surface area contributed by atoms with Crippen molar-refractivity contribution in [1.29, 1.82) is 0 Å². The van der Waals surface area contributed by atoms with E-state index in [1.165, 1.54) is 308 Å². The second kappa shape index (κ2) is 62.9. The van der Waals surface area contributed by atoms with Gasteiger partial charge >= 0.3 is 0 Å². The molecule has 0 aliphatic carbocycles. The molecule has 2 atom stereocenters. The minimum atomic E-state index is -0.870. The maximum atomic E-state index is 12.5. The van der Waals surface area contributed by atoms with Gasteiger partial charge in [0.15, 0.2) is 0 Å². The summed E-state index contributed by atoms with van der Waals surface area (Å²) in [6.07, 6.45) is 86.5. The molecule has 0 bridgehead atoms. The molecule has 3 N–H and O–H groups in total. The number of rotatable bonds is 61. The summed E-state index contributed by atoms with van der Waals surface area (Å²) in [5, 5.41) is 23.2. The van der Waals surface area contributed by atoms with Crippen LogP contribution in [0.5, 0.6) is 0 Å². The van der Waals surface area contributed by atoms with Crippen LogP contribution in [0.1, 0.15) is 367 Å². The maximum Gasteiger partial charge on any atom is 0.220 e. The van der Waals surface area contributed by atoms with Gasteiger partial charge in [-0.15, -0.1) is 0 Å². The van der Waals surface area contributed by atoms with Crippen molar-refractivity contribution < 1.29 is 15.0 Å². The first-order chi connectivity index (χ1) is 35.2. The van der Waals surface area contributed by atoms with Gasteiger partial charge in [0.1, 0.15) is 0 Å². The smallest absolute Gasteiger partial charge is 0.220 e. The summed E-state index contributed by atoms with van der Waals surface area (Å²) in [6, 6.07) is -0.645. The number of allylic oxidation sites excluding steroid dienone is 5. The highest BCUT2D eigenvalue weighted by molar-refractivity contribution is 5.76. The van der Waals surface area contributed by atoms with Gasteiger partial charge in [0, 0.05) is 6.42 Å². The highest BCUT2D eigenvalue weighted by Crippen LogP contribution is 2.19. The van der Waals surface area contributed by atoms with Gasteiger partial charge in [-0.3, -0.25) is 4.79 Å². The van der Waals surface area contributed by atoms with Gasteiger partial charge in [-0.2, -0.15) is 0 Å². The van der Waals surface area contributed by atoms with Gasteiger partial charge in [-0.05, 0) is 44.9 Å². The Bertz CT molecular complexity index is 1080. The standard InChI is InChI=1S/C67H129NO3/c1-3-5-7-9-11-13-15-17-19-21-23-25-27-29-31-32-33-34-35-37-38-40-42-44-46-48-50-52-54-56-58-60-62-66(70)65(64-69)68-67(71)63-61-59-57-55-53-51-49-47-45-43-41-39-36-30-28-26-24-22-20-18-16-14-12-10-8-6-4-2/h44,46,52,54,60,62,65-66,69-70H,3-43,45,47-51,53,55-59,61,63-64H2,1-2H3,(H,68,71)/b46-44+,54-52+,62-60+. The van der Waals surface area contributed by atoms with Crippen LogP contribution in [-0.4, -0.2) is 34.9 Å². The van der Waals surface area contributed by atoms with Gasteiger partial charge in [0.2, 0.25) is 5.91 Å². The van der Waals surface area contributed by atoms with Crippen molar-refractivity contribution in [3.8, 4) is 0 Å². The van der Waals surface area contributed by atoms with E-state index in [-0.39, 0.29) is 12.5 Å². The fourth-order valence-electron chi connectivity index (χ4n) is 10.4. The minimum Gasteiger partial charge on any atom is -0.394 e. The number of hydrogen-bond donors (Lipinski definition) is 3. The lowest BCUT2D eigenvalue weighted by Crippen LogP contribution is -2.45. The molecule has 71 heavy (non-hydrogen) atoms. The number of hydrogen-bond acceptors (Lipinski definition) is 3. The molecule has 0 aromatic heterocycles. The van der Waals surface area contributed by atoms with Crippen molar-refractivity contribution in [2.24, 2.45) is 0 Å². The lowest BCUT2D eigenvalue weighted by atomic mass is 10.0. The van der Waals surface area contributed by atoms with Crippen molar-refractivity contribution in [2.45, 2.75) is 379 Å². The molecule has 420 valence electrons. The molecular formula is C67H129NO3. The highest BCUT2D eigenvalue weighted by atomic mass is 16.3. The zero-order valence-corrected chi connectivity index (χ0v) is 48.5. The summed E-state index contributed by atoms with van der Waals surface area (Å²) in [6.45, 7) is 4.34. The van der Waals surface area contributed by atoms with Gasteiger partial charge in [0.05, 0.1) is 18.8 Å².